The smallest absolute Gasteiger partial charge is 0.166 e. The highest BCUT2D eigenvalue weighted by molar-refractivity contribution is 6.00. The molecule has 2 aromatic rings. The van der Waals surface area contributed by atoms with Crippen molar-refractivity contribution >= 4 is 5.78 Å². The maximum absolute atomic E-state index is 13.0. The average Bonchev–Trinajstić information content (AvgIpc) is 3.49. The topological polar surface area (TPSA) is 29.5 Å². The predicted molar refractivity (Wildman–Crippen MR) is 106 cm³/mol. The van der Waals surface area contributed by atoms with E-state index in [-0.39, 0.29) is 23.4 Å². The first-order chi connectivity index (χ1) is 13.1. The average molecular weight is 369 g/mol. The van der Waals surface area contributed by atoms with Gasteiger partial charge in [-0.15, -0.1) is 0 Å². The van der Waals surface area contributed by atoms with E-state index in [1.54, 1.807) is 12.1 Å². The van der Waals surface area contributed by atoms with E-state index in [2.05, 4.69) is 18.7 Å². The minimum atomic E-state index is -0.241. The molecule has 0 bridgehead atoms. The van der Waals surface area contributed by atoms with Gasteiger partial charge in [0.1, 0.15) is 11.6 Å². The van der Waals surface area contributed by atoms with E-state index in [1.807, 2.05) is 24.3 Å². The van der Waals surface area contributed by atoms with Gasteiger partial charge in [0, 0.05) is 18.0 Å². The zero-order chi connectivity index (χ0) is 19.2. The second kappa shape index (κ2) is 9.14. The quantitative estimate of drug-likeness (QED) is 0.440. The Hall–Kier alpha value is -2.20. The van der Waals surface area contributed by atoms with Crippen molar-refractivity contribution in [1.82, 2.24) is 4.90 Å². The zero-order valence-electron chi connectivity index (χ0n) is 16.2. The summed E-state index contributed by atoms with van der Waals surface area (Å²) in [6.07, 6.45) is 1.83. The number of halogens is 1. The van der Waals surface area contributed by atoms with Crippen LogP contribution in [-0.2, 0) is 0 Å². The predicted octanol–water partition coefficient (Wildman–Crippen LogP) is 4.92. The van der Waals surface area contributed by atoms with Crippen LogP contribution >= 0.6 is 0 Å². The van der Waals surface area contributed by atoms with Gasteiger partial charge >= 0.3 is 0 Å². The van der Waals surface area contributed by atoms with Crippen LogP contribution in [0.15, 0.2) is 48.5 Å². The van der Waals surface area contributed by atoms with E-state index >= 15 is 0 Å². The molecule has 0 heterocycles. The molecule has 0 N–H and O–H groups in total. The number of benzene rings is 2. The van der Waals surface area contributed by atoms with Crippen molar-refractivity contribution in [2.45, 2.75) is 32.6 Å². The summed E-state index contributed by atoms with van der Waals surface area (Å²) in [5, 5.41) is 0. The van der Waals surface area contributed by atoms with Crippen molar-refractivity contribution in [3.8, 4) is 5.75 Å². The number of nitrogens with zero attached hydrogens (tertiary/aromatic N) is 1. The van der Waals surface area contributed by atoms with Crippen molar-refractivity contribution in [2.24, 2.45) is 5.92 Å². The minimum Gasteiger partial charge on any atom is -0.494 e. The first-order valence-corrected chi connectivity index (χ1v) is 9.87. The van der Waals surface area contributed by atoms with Crippen molar-refractivity contribution in [1.29, 1.82) is 0 Å². The van der Waals surface area contributed by atoms with Crippen molar-refractivity contribution in [2.75, 3.05) is 26.2 Å². The molecule has 3 nitrogen and oxygen atoms in total. The SMILES string of the molecule is CCN(CC)CCCOc1ccc(C(=O)[C@@H]2C[C@H]2c2ccc(F)cc2)cc1. The Balaban J connectivity index is 1.47. The molecule has 0 amide bonds. The summed E-state index contributed by atoms with van der Waals surface area (Å²) < 4.78 is 18.8. The van der Waals surface area contributed by atoms with Gasteiger partial charge in [-0.25, -0.2) is 4.39 Å². The minimum absolute atomic E-state index is 0.0105. The number of carbonyl (C=O) groups is 1. The van der Waals surface area contributed by atoms with Crippen LogP contribution in [-0.4, -0.2) is 36.9 Å². The highest BCUT2D eigenvalue weighted by Crippen LogP contribution is 2.49. The molecule has 2 aromatic carbocycles. The number of carbonyl (C=O) groups excluding carboxylic acids is 1. The second-order valence-corrected chi connectivity index (χ2v) is 7.12. The molecule has 0 spiro atoms. The Kier molecular flexibility index (Phi) is 6.62. The molecule has 1 fully saturated rings. The van der Waals surface area contributed by atoms with Gasteiger partial charge in [0.2, 0.25) is 0 Å². The molecule has 1 aliphatic rings. The summed E-state index contributed by atoms with van der Waals surface area (Å²) in [7, 11) is 0. The van der Waals surface area contributed by atoms with E-state index in [9.17, 15) is 9.18 Å². The summed E-state index contributed by atoms with van der Waals surface area (Å²) in [6.45, 7) is 8.18. The third-order valence-electron chi connectivity index (χ3n) is 5.35. The number of ether oxygens (including phenoxy) is 1. The Morgan fingerprint density at radius 3 is 2.37 bits per heavy atom. The van der Waals surface area contributed by atoms with Crippen LogP contribution in [0, 0.1) is 11.7 Å². The lowest BCUT2D eigenvalue weighted by atomic mass is 10.0. The fourth-order valence-electron chi connectivity index (χ4n) is 3.51. The van der Waals surface area contributed by atoms with Crippen LogP contribution in [0.3, 0.4) is 0 Å². The van der Waals surface area contributed by atoms with Crippen LogP contribution in [0.25, 0.3) is 0 Å². The van der Waals surface area contributed by atoms with Crippen LogP contribution in [0.5, 0.6) is 5.75 Å². The molecule has 1 saturated carbocycles. The fraction of sp³-hybridized carbons (Fsp3) is 0.435. The van der Waals surface area contributed by atoms with Gasteiger partial charge < -0.3 is 9.64 Å². The van der Waals surface area contributed by atoms with Crippen LogP contribution < -0.4 is 4.74 Å². The van der Waals surface area contributed by atoms with E-state index in [4.69, 9.17) is 4.74 Å². The normalized spacial score (nSPS) is 18.5. The summed E-state index contributed by atoms with van der Waals surface area (Å²) in [6, 6.07) is 13.9. The largest absolute Gasteiger partial charge is 0.494 e. The molecule has 144 valence electrons. The lowest BCUT2D eigenvalue weighted by Crippen LogP contribution is -2.25. The third kappa shape index (κ3) is 5.16. The molecule has 0 aromatic heterocycles. The number of Topliss-reactive ketones (excluding diaryl/α,β-unsaturated/α-hetero) is 1. The molecule has 27 heavy (non-hydrogen) atoms. The van der Waals surface area contributed by atoms with Gasteiger partial charge in [0.25, 0.3) is 0 Å². The van der Waals surface area contributed by atoms with Gasteiger partial charge in [-0.2, -0.15) is 0 Å². The Bertz CT molecular complexity index is 738. The molecule has 0 saturated heterocycles. The molecular weight excluding hydrogens is 341 g/mol. The first kappa shape index (κ1) is 19.6. The lowest BCUT2D eigenvalue weighted by molar-refractivity contribution is 0.0965. The number of rotatable bonds is 10. The number of ketones is 1. The summed E-state index contributed by atoms with van der Waals surface area (Å²) in [5.41, 5.74) is 1.77. The monoisotopic (exact) mass is 369 g/mol. The van der Waals surface area contributed by atoms with Crippen LogP contribution in [0.2, 0.25) is 0 Å². The molecule has 3 rings (SSSR count). The maximum atomic E-state index is 13.0. The Labute approximate surface area is 161 Å². The molecule has 0 radical (unpaired) electrons. The zero-order valence-corrected chi connectivity index (χ0v) is 16.2. The van der Waals surface area contributed by atoms with Gasteiger partial charge in [0.15, 0.2) is 5.78 Å². The fourth-order valence-corrected chi connectivity index (χ4v) is 3.51. The van der Waals surface area contributed by atoms with Gasteiger partial charge in [-0.05, 0) is 73.8 Å². The standard InChI is InChI=1S/C23H28FNO2/c1-3-25(4-2)14-5-15-27-20-12-8-18(9-13-20)23(26)22-16-21(22)17-6-10-19(24)11-7-17/h6-13,21-22H,3-5,14-16H2,1-2H3/t21-,22+/m0/s1. The summed E-state index contributed by atoms with van der Waals surface area (Å²) in [5.74, 6) is 0.953. The Morgan fingerprint density at radius 1 is 1.07 bits per heavy atom. The van der Waals surface area contributed by atoms with Crippen LogP contribution in [0.4, 0.5) is 4.39 Å². The van der Waals surface area contributed by atoms with Gasteiger partial charge in [-0.1, -0.05) is 26.0 Å². The molecule has 0 aliphatic heterocycles. The van der Waals surface area contributed by atoms with E-state index in [0.717, 1.165) is 49.4 Å². The van der Waals surface area contributed by atoms with Crippen molar-refractivity contribution < 1.29 is 13.9 Å². The molecule has 4 heteroatoms. The van der Waals surface area contributed by atoms with E-state index < -0.39 is 0 Å². The maximum Gasteiger partial charge on any atom is 0.166 e. The number of hydrogen-bond acceptors (Lipinski definition) is 3. The highest BCUT2D eigenvalue weighted by Gasteiger charge is 2.43. The van der Waals surface area contributed by atoms with Gasteiger partial charge in [0.05, 0.1) is 6.61 Å². The molecular formula is C23H28FNO2. The van der Waals surface area contributed by atoms with Crippen molar-refractivity contribution in [3.05, 3.63) is 65.5 Å². The van der Waals surface area contributed by atoms with Crippen molar-refractivity contribution in [3.63, 3.8) is 0 Å². The third-order valence-corrected chi connectivity index (χ3v) is 5.35. The van der Waals surface area contributed by atoms with Gasteiger partial charge in [-0.3, -0.25) is 4.79 Å². The van der Waals surface area contributed by atoms with Crippen LogP contribution in [0.1, 0.15) is 48.5 Å². The number of hydrogen-bond donors (Lipinski definition) is 0. The highest BCUT2D eigenvalue weighted by atomic mass is 19.1. The first-order valence-electron chi connectivity index (χ1n) is 9.87. The molecule has 0 unspecified atom stereocenters. The van der Waals surface area contributed by atoms with E-state index in [1.165, 1.54) is 12.1 Å². The molecule has 1 aliphatic carbocycles. The van der Waals surface area contributed by atoms with E-state index in [0.29, 0.717) is 6.61 Å². The molecule has 2 atom stereocenters. The summed E-state index contributed by atoms with van der Waals surface area (Å²) in [4.78, 5) is 15.0. The Morgan fingerprint density at radius 2 is 1.74 bits per heavy atom. The second-order valence-electron chi connectivity index (χ2n) is 7.12. The summed E-state index contributed by atoms with van der Waals surface area (Å²) >= 11 is 0. The lowest BCUT2D eigenvalue weighted by Gasteiger charge is -2.17.